The number of aryl methyl sites for hydroxylation is 1. The lowest BCUT2D eigenvalue weighted by molar-refractivity contribution is -0.180. The molecule has 0 aliphatic heterocycles. The lowest BCUT2D eigenvalue weighted by atomic mass is 9.61. The second kappa shape index (κ2) is 31.1. The van der Waals surface area contributed by atoms with Gasteiger partial charge in [0.1, 0.15) is 31.7 Å². The molecular weight excluding hydrogens is 1050 g/mol. The fourth-order valence-electron chi connectivity index (χ4n) is 9.75. The van der Waals surface area contributed by atoms with Crippen molar-refractivity contribution in [3.05, 3.63) is 58.7 Å². The van der Waals surface area contributed by atoms with E-state index < -0.39 is 92.0 Å². The van der Waals surface area contributed by atoms with Crippen molar-refractivity contribution in [3.63, 3.8) is 0 Å². The molecule has 2 heterocycles. The summed E-state index contributed by atoms with van der Waals surface area (Å²) in [6.45, 7) is 33.8. The summed E-state index contributed by atoms with van der Waals surface area (Å²) >= 11 is 0. The molecule has 460 valence electrons. The number of Topliss-reactive ketones (excluding diaryl/α,β-unsaturated/α-hetero) is 1. The van der Waals surface area contributed by atoms with Crippen LogP contribution in [0.25, 0.3) is 0 Å². The highest BCUT2D eigenvalue weighted by Gasteiger charge is 2.52. The topological polar surface area (TPSA) is 289 Å². The highest BCUT2D eigenvalue weighted by Crippen LogP contribution is 2.49. The van der Waals surface area contributed by atoms with Crippen LogP contribution in [-0.2, 0) is 52.5 Å². The summed E-state index contributed by atoms with van der Waals surface area (Å²) in [7, 11) is 0. The molecule has 5 N–H and O–H groups in total. The molecule has 0 aliphatic carbocycles. The van der Waals surface area contributed by atoms with E-state index in [9.17, 15) is 43.2 Å². The van der Waals surface area contributed by atoms with Crippen molar-refractivity contribution in [2.24, 2.45) is 43.8 Å². The van der Waals surface area contributed by atoms with Crippen molar-refractivity contribution in [3.8, 4) is 0 Å². The van der Waals surface area contributed by atoms with Crippen LogP contribution in [-0.4, -0.2) is 108 Å². The molecule has 0 fully saturated rings. The number of ketones is 1. The number of esters is 5. The van der Waals surface area contributed by atoms with Gasteiger partial charge in [-0.1, -0.05) is 81.4 Å². The largest absolute Gasteiger partial charge is 0.465 e. The van der Waals surface area contributed by atoms with Crippen molar-refractivity contribution in [2.75, 3.05) is 50.2 Å². The molecule has 6 atom stereocenters. The Labute approximate surface area is 486 Å². The van der Waals surface area contributed by atoms with Gasteiger partial charge in [-0.15, -0.1) is 0 Å². The number of anilines is 2. The molecule has 4 amide bonds. The number of rotatable bonds is 33. The first kappa shape index (κ1) is 71.4. The van der Waals surface area contributed by atoms with Crippen LogP contribution in [0.2, 0.25) is 0 Å². The van der Waals surface area contributed by atoms with Crippen molar-refractivity contribution in [2.45, 2.75) is 188 Å². The Kier molecular flexibility index (Phi) is 27.1. The van der Waals surface area contributed by atoms with Gasteiger partial charge in [-0.3, -0.25) is 49.2 Å². The third kappa shape index (κ3) is 22.2. The smallest absolute Gasteiger partial charge is 0.321 e. The third-order valence-corrected chi connectivity index (χ3v) is 15.5. The highest BCUT2D eigenvalue weighted by atomic mass is 16.6. The van der Waals surface area contributed by atoms with Crippen LogP contribution in [0.4, 0.5) is 21.4 Å². The lowest BCUT2D eigenvalue weighted by Gasteiger charge is -2.45. The number of pyridine rings is 1. The number of H-pyrrole nitrogens is 1. The summed E-state index contributed by atoms with van der Waals surface area (Å²) in [5.74, 6) is -4.52. The number of hydrogen-bond donors (Lipinski definition) is 5. The van der Waals surface area contributed by atoms with Gasteiger partial charge in [-0.05, 0) is 135 Å². The zero-order valence-corrected chi connectivity index (χ0v) is 52.2. The summed E-state index contributed by atoms with van der Waals surface area (Å²) in [4.78, 5) is 133. The minimum Gasteiger partial charge on any atom is -0.465 e. The van der Waals surface area contributed by atoms with Crippen molar-refractivity contribution >= 4 is 59.5 Å². The Morgan fingerprint density at radius 3 is 1.83 bits per heavy atom. The van der Waals surface area contributed by atoms with Crippen LogP contribution in [0.3, 0.4) is 0 Å². The summed E-state index contributed by atoms with van der Waals surface area (Å²) < 4.78 is 30.0. The number of unbranched alkanes of at least 4 members (excludes halogenated alkanes) is 1. The normalized spacial score (nSPS) is 15.5. The first-order valence-corrected chi connectivity index (χ1v) is 28.6. The van der Waals surface area contributed by atoms with Crippen molar-refractivity contribution < 1.29 is 62.0 Å². The number of carbonyl (C=O) groups excluding carboxylic acids is 8. The number of nitrogens with one attached hydrogen (secondary N) is 5. The molecule has 82 heavy (non-hydrogen) atoms. The van der Waals surface area contributed by atoms with Crippen molar-refractivity contribution in [1.29, 1.82) is 0 Å². The number of carbonyl (C=O) groups is 8. The van der Waals surface area contributed by atoms with Crippen LogP contribution in [0, 0.1) is 50.7 Å². The molecule has 0 saturated carbocycles. The summed E-state index contributed by atoms with van der Waals surface area (Å²) in [5.41, 5.74) is -6.95. The molecule has 0 radical (unpaired) electrons. The van der Waals surface area contributed by atoms with Gasteiger partial charge < -0.3 is 34.3 Å². The van der Waals surface area contributed by atoms with E-state index in [1.54, 1.807) is 73.6 Å². The first-order valence-electron chi connectivity index (χ1n) is 28.6. The molecule has 2 aromatic rings. The molecule has 2 aromatic heterocycles. The number of hydrogen-bond acceptors (Lipinski definition) is 16. The Morgan fingerprint density at radius 1 is 0.720 bits per heavy atom. The zero-order valence-electron chi connectivity index (χ0n) is 52.2. The Morgan fingerprint density at radius 2 is 1.32 bits per heavy atom. The van der Waals surface area contributed by atoms with E-state index in [2.05, 4.69) is 63.6 Å². The fourth-order valence-corrected chi connectivity index (χ4v) is 9.75. The van der Waals surface area contributed by atoms with Gasteiger partial charge in [-0.2, -0.15) is 0 Å². The molecule has 0 bridgehead atoms. The van der Waals surface area contributed by atoms with Gasteiger partial charge in [0.2, 0.25) is 5.95 Å². The van der Waals surface area contributed by atoms with Gasteiger partial charge in [0.15, 0.2) is 5.78 Å². The maximum atomic E-state index is 14.8. The Bertz CT molecular complexity index is 2570. The van der Waals surface area contributed by atoms with Gasteiger partial charge in [0, 0.05) is 29.8 Å². The van der Waals surface area contributed by atoms with E-state index in [4.69, 9.17) is 23.7 Å². The average Bonchev–Trinajstić information content (AvgIpc) is 3.43. The molecular formula is C61H97N7O14. The molecule has 2 rings (SSSR count). The maximum Gasteiger partial charge on any atom is 0.321 e. The lowest BCUT2D eigenvalue weighted by Crippen LogP contribution is -2.48. The molecule has 0 spiro atoms. The predicted octanol–water partition coefficient (Wildman–Crippen LogP) is 10.4. The second-order valence-corrected chi connectivity index (χ2v) is 25.5. The molecule has 0 saturated heterocycles. The number of ether oxygens (including phenoxy) is 5. The van der Waals surface area contributed by atoms with E-state index in [0.717, 1.165) is 0 Å². The van der Waals surface area contributed by atoms with Crippen LogP contribution < -0.4 is 26.8 Å². The SMILES string of the molecule is C=C(C)C(=O)CCC(CC)(COC(=O)C(C)(CC(C)(C)C)C(C)(C)C)C(C)OC(=O)C(C)(C)CC(CC(C)(CC(C)(CC)C(=O)OCCNC(=O)Nc1ccccn1)C(=O)OCCNC(=O)Nc1nc(C)cc(=O)[nH]1)C(=O)OCCCC. The predicted molar refractivity (Wildman–Crippen MR) is 313 cm³/mol. The zero-order chi connectivity index (χ0) is 62.5. The number of allylic oxidation sites excluding steroid dienone is 1. The van der Waals surface area contributed by atoms with E-state index in [-0.39, 0.29) is 95.2 Å². The van der Waals surface area contributed by atoms with Gasteiger partial charge in [-0.25, -0.2) is 19.6 Å². The number of aromatic nitrogens is 3. The minimum absolute atomic E-state index is 0.0476. The minimum atomic E-state index is -1.68. The molecule has 0 aromatic carbocycles. The second-order valence-electron chi connectivity index (χ2n) is 25.5. The third-order valence-electron chi connectivity index (χ3n) is 15.5. The quantitative estimate of drug-likeness (QED) is 0.0192. The van der Waals surface area contributed by atoms with E-state index in [1.807, 2.05) is 41.5 Å². The van der Waals surface area contributed by atoms with Crippen LogP contribution >= 0.6 is 0 Å². The van der Waals surface area contributed by atoms with Crippen LogP contribution in [0.1, 0.15) is 181 Å². The van der Waals surface area contributed by atoms with Gasteiger partial charge in [0.05, 0.1) is 47.3 Å². The summed E-state index contributed by atoms with van der Waals surface area (Å²) in [5, 5.41) is 10.2. The number of aromatic amines is 1. The summed E-state index contributed by atoms with van der Waals surface area (Å²) in [6, 6.07) is 4.93. The van der Waals surface area contributed by atoms with Gasteiger partial charge >= 0.3 is 41.9 Å². The van der Waals surface area contributed by atoms with Crippen molar-refractivity contribution in [1.82, 2.24) is 25.6 Å². The van der Waals surface area contributed by atoms with Crippen LogP contribution in [0.5, 0.6) is 0 Å². The van der Waals surface area contributed by atoms with E-state index >= 15 is 0 Å². The molecule has 0 aliphatic rings. The Hall–Kier alpha value is -6.67. The van der Waals surface area contributed by atoms with Crippen LogP contribution in [0.15, 0.2) is 47.4 Å². The molecule has 21 nitrogen and oxygen atoms in total. The summed E-state index contributed by atoms with van der Waals surface area (Å²) in [6.07, 6.45) is 2.35. The molecule has 21 heteroatoms. The van der Waals surface area contributed by atoms with E-state index in [0.29, 0.717) is 42.8 Å². The number of nitrogens with zero attached hydrogens (tertiary/aromatic N) is 2. The Balaban J connectivity index is 2.59. The first-order chi connectivity index (χ1) is 37.9. The fraction of sp³-hybridized carbons (Fsp3) is 0.689. The maximum absolute atomic E-state index is 14.8. The number of amides is 4. The van der Waals surface area contributed by atoms with E-state index in [1.165, 1.54) is 12.3 Å². The molecule has 6 unspecified atom stereocenters. The van der Waals surface area contributed by atoms with Gasteiger partial charge in [0.25, 0.3) is 5.56 Å². The standard InChI is InChI=1S/C61H97N7O14/c1-19-22-31-78-47(71)43(35-57(14,15)48(72)82-42(7)61(21-3,27-26-44(69)40(4)5)39-81-51(75)60(18,56(11,12)13)37-55(8,9)10)36-59(17,50(74)80-33-30-64-54(77)68-52-65-41(6)34-46(70)67-52)38-58(16,20-2)49(73)79-32-29-63-53(76)66-45-25-23-24-28-62-45/h23-25,28,34,42-43H,4,19-22,26-27,29-33,35-39H2,1-3,5-18H3,(H2,62,63,66,76)(H3,64,65,67,68,70,77). The average molecular weight is 1150 g/mol. The monoisotopic (exact) mass is 1150 g/mol. The number of urea groups is 2. The highest BCUT2D eigenvalue weighted by molar-refractivity contribution is 5.94.